The van der Waals surface area contributed by atoms with Crippen LogP contribution in [0.1, 0.15) is 59.6 Å². The van der Waals surface area contributed by atoms with Crippen molar-refractivity contribution < 1.29 is 8.78 Å². The molecular formula is C24H30F2N2O. The number of rotatable bonds is 6. The second-order valence-corrected chi connectivity index (χ2v) is 7.75. The van der Waals surface area contributed by atoms with Crippen molar-refractivity contribution in [3.05, 3.63) is 75.2 Å². The average molecular weight is 401 g/mol. The van der Waals surface area contributed by atoms with E-state index in [0.29, 0.717) is 17.7 Å². The van der Waals surface area contributed by atoms with Crippen LogP contribution in [0.25, 0.3) is 11.2 Å². The highest BCUT2D eigenvalue weighted by molar-refractivity contribution is 5.60. The summed E-state index contributed by atoms with van der Waals surface area (Å²) in [5.74, 6) is -2.85. The summed E-state index contributed by atoms with van der Waals surface area (Å²) in [4.78, 5) is 13.0. The Hall–Kier alpha value is -2.65. The van der Waals surface area contributed by atoms with Gasteiger partial charge in [0.15, 0.2) is 0 Å². The van der Waals surface area contributed by atoms with Crippen LogP contribution in [0.2, 0.25) is 0 Å². The van der Waals surface area contributed by atoms with Crippen molar-refractivity contribution in [2.75, 3.05) is 0 Å². The second kappa shape index (κ2) is 8.79. The van der Waals surface area contributed by atoms with Crippen molar-refractivity contribution in [2.45, 2.75) is 60.8 Å². The van der Waals surface area contributed by atoms with Gasteiger partial charge >= 0.3 is 5.69 Å². The minimum atomic E-state index is -3.04. The summed E-state index contributed by atoms with van der Waals surface area (Å²) in [5, 5.41) is 0. The smallest absolute Gasteiger partial charge is 0.267 e. The van der Waals surface area contributed by atoms with E-state index in [2.05, 4.69) is 19.6 Å². The Morgan fingerprint density at radius 1 is 1.28 bits per heavy atom. The molecule has 5 heteroatoms. The molecule has 2 aromatic heterocycles. The number of alkyl halides is 2. The highest BCUT2D eigenvalue weighted by Crippen LogP contribution is 2.31. The Kier molecular flexibility index (Phi) is 6.86. The molecule has 0 aromatic carbocycles. The lowest BCUT2D eigenvalue weighted by Crippen LogP contribution is -2.19. The molecule has 29 heavy (non-hydrogen) atoms. The molecule has 0 aliphatic heterocycles. The van der Waals surface area contributed by atoms with E-state index >= 15 is 0 Å². The van der Waals surface area contributed by atoms with E-state index in [4.69, 9.17) is 0 Å². The van der Waals surface area contributed by atoms with Gasteiger partial charge in [-0.25, -0.2) is 13.6 Å². The van der Waals surface area contributed by atoms with Gasteiger partial charge in [-0.2, -0.15) is 0 Å². The summed E-state index contributed by atoms with van der Waals surface area (Å²) >= 11 is 0. The van der Waals surface area contributed by atoms with E-state index in [0.717, 1.165) is 18.1 Å². The Morgan fingerprint density at radius 2 is 1.93 bits per heavy atom. The van der Waals surface area contributed by atoms with Crippen molar-refractivity contribution in [2.24, 2.45) is 5.92 Å². The SMILES string of the molecule is C/C=C\C(C)=CC(=C=C(C)n1cc2c(C(C)(F)F)cc(CC)cn2c1=O)C(C)C. The van der Waals surface area contributed by atoms with Crippen molar-refractivity contribution in [3.63, 3.8) is 0 Å². The van der Waals surface area contributed by atoms with E-state index < -0.39 is 5.92 Å². The van der Waals surface area contributed by atoms with Gasteiger partial charge in [-0.15, -0.1) is 0 Å². The summed E-state index contributed by atoms with van der Waals surface area (Å²) in [6, 6.07) is 1.48. The topological polar surface area (TPSA) is 26.4 Å². The van der Waals surface area contributed by atoms with Gasteiger partial charge in [0.1, 0.15) is 0 Å². The summed E-state index contributed by atoms with van der Waals surface area (Å²) in [6.07, 6.45) is 9.67. The lowest BCUT2D eigenvalue weighted by Gasteiger charge is -2.13. The number of halogens is 2. The molecule has 2 heterocycles. The number of hydrogen-bond donors (Lipinski definition) is 0. The van der Waals surface area contributed by atoms with Crippen LogP contribution in [-0.2, 0) is 12.3 Å². The van der Waals surface area contributed by atoms with Gasteiger partial charge in [-0.3, -0.25) is 8.97 Å². The van der Waals surface area contributed by atoms with Gasteiger partial charge < -0.3 is 0 Å². The Bertz CT molecular complexity index is 1080. The van der Waals surface area contributed by atoms with E-state index in [1.165, 1.54) is 21.2 Å². The van der Waals surface area contributed by atoms with Crippen LogP contribution in [0.15, 0.2) is 58.4 Å². The lowest BCUT2D eigenvalue weighted by atomic mass is 10.0. The molecule has 0 N–H and O–H groups in total. The van der Waals surface area contributed by atoms with Crippen molar-refractivity contribution in [1.82, 2.24) is 8.97 Å². The molecule has 0 saturated carbocycles. The summed E-state index contributed by atoms with van der Waals surface area (Å²) in [6.45, 7) is 12.6. The lowest BCUT2D eigenvalue weighted by molar-refractivity contribution is 0.0186. The Morgan fingerprint density at radius 3 is 2.45 bits per heavy atom. The number of hydrogen-bond acceptors (Lipinski definition) is 1. The molecule has 2 aromatic rings. The Labute approximate surface area is 171 Å². The van der Waals surface area contributed by atoms with Gasteiger partial charge in [0.25, 0.3) is 5.92 Å². The van der Waals surface area contributed by atoms with Crippen molar-refractivity contribution in [1.29, 1.82) is 0 Å². The van der Waals surface area contributed by atoms with Gasteiger partial charge in [-0.05, 0) is 56.4 Å². The maximum atomic E-state index is 14.2. The van der Waals surface area contributed by atoms with Gasteiger partial charge in [-0.1, -0.05) is 44.2 Å². The normalized spacial score (nSPS) is 12.8. The molecule has 0 amide bonds. The zero-order chi connectivity index (χ0) is 21.9. The molecule has 0 bridgehead atoms. The quantitative estimate of drug-likeness (QED) is 0.410. The predicted octanol–water partition coefficient (Wildman–Crippen LogP) is 6.34. The fourth-order valence-electron chi connectivity index (χ4n) is 3.20. The molecule has 0 radical (unpaired) electrons. The molecule has 3 nitrogen and oxygen atoms in total. The number of aromatic nitrogens is 2. The molecule has 0 aliphatic rings. The number of allylic oxidation sites excluding steroid dienone is 5. The first-order chi connectivity index (χ1) is 13.5. The van der Waals surface area contributed by atoms with Gasteiger partial charge in [0, 0.05) is 24.9 Å². The average Bonchev–Trinajstić information content (AvgIpc) is 2.96. The van der Waals surface area contributed by atoms with E-state index in [1.807, 2.05) is 39.0 Å². The number of aryl methyl sites for hydroxylation is 1. The molecule has 0 aliphatic carbocycles. The third kappa shape index (κ3) is 5.04. The number of imidazole rings is 1. The van der Waals surface area contributed by atoms with Gasteiger partial charge in [0.2, 0.25) is 0 Å². The standard InChI is InChI=1S/C24H30F2N2O/c1-8-10-17(5)11-20(16(3)4)12-18(6)27-15-22-21(24(7,25)26)13-19(9-2)14-28(22)23(27)29/h8,10-11,13-16H,9H2,1-7H3/b10-8-,17-11?. The summed E-state index contributed by atoms with van der Waals surface area (Å²) in [5.41, 5.74) is 6.27. The van der Waals surface area contributed by atoms with Crippen LogP contribution in [0.5, 0.6) is 0 Å². The molecule has 0 spiro atoms. The van der Waals surface area contributed by atoms with Crippen LogP contribution in [-0.4, -0.2) is 8.97 Å². The number of pyridine rings is 1. The summed E-state index contributed by atoms with van der Waals surface area (Å²) in [7, 11) is 0. The molecular weight excluding hydrogens is 370 g/mol. The number of fused-ring (bicyclic) bond motifs is 1. The number of nitrogens with zero attached hydrogens (tertiary/aromatic N) is 2. The van der Waals surface area contributed by atoms with Crippen LogP contribution in [0, 0.1) is 5.92 Å². The highest BCUT2D eigenvalue weighted by atomic mass is 19.3. The zero-order valence-electron chi connectivity index (χ0n) is 18.3. The molecule has 2 rings (SSSR count). The second-order valence-electron chi connectivity index (χ2n) is 7.75. The first kappa shape index (κ1) is 22.6. The molecule has 0 atom stereocenters. The minimum Gasteiger partial charge on any atom is -0.267 e. The van der Waals surface area contributed by atoms with Gasteiger partial charge in [0.05, 0.1) is 11.2 Å². The predicted molar refractivity (Wildman–Crippen MR) is 116 cm³/mol. The monoisotopic (exact) mass is 400 g/mol. The zero-order valence-corrected chi connectivity index (χ0v) is 18.3. The van der Waals surface area contributed by atoms with Crippen molar-refractivity contribution >= 4 is 11.2 Å². The molecule has 0 fully saturated rings. The first-order valence-electron chi connectivity index (χ1n) is 9.93. The van der Waals surface area contributed by atoms with E-state index in [9.17, 15) is 13.6 Å². The minimum absolute atomic E-state index is 0.141. The third-order valence-electron chi connectivity index (χ3n) is 4.83. The van der Waals surface area contributed by atoms with Crippen LogP contribution in [0.4, 0.5) is 8.78 Å². The Balaban J connectivity index is 2.82. The molecule has 0 unspecified atom stereocenters. The van der Waals surface area contributed by atoms with Crippen LogP contribution in [0.3, 0.4) is 0 Å². The largest absolute Gasteiger partial charge is 0.337 e. The fraction of sp³-hybridized carbons (Fsp3) is 0.417. The highest BCUT2D eigenvalue weighted by Gasteiger charge is 2.29. The van der Waals surface area contributed by atoms with Crippen LogP contribution >= 0.6 is 0 Å². The molecule has 156 valence electrons. The van der Waals surface area contributed by atoms with Crippen molar-refractivity contribution in [3.8, 4) is 0 Å². The third-order valence-corrected chi connectivity index (χ3v) is 4.83. The van der Waals surface area contributed by atoms with E-state index in [-0.39, 0.29) is 22.7 Å². The maximum absolute atomic E-state index is 14.2. The molecule has 0 saturated heterocycles. The fourth-order valence-corrected chi connectivity index (χ4v) is 3.20. The summed E-state index contributed by atoms with van der Waals surface area (Å²) < 4.78 is 31.1. The first-order valence-corrected chi connectivity index (χ1v) is 9.93. The van der Waals surface area contributed by atoms with E-state index in [1.54, 1.807) is 13.1 Å². The maximum Gasteiger partial charge on any atom is 0.337 e. The van der Waals surface area contributed by atoms with Crippen LogP contribution < -0.4 is 5.69 Å².